The molecule has 0 aromatic carbocycles. The zero-order chi connectivity index (χ0) is 13.9. The Labute approximate surface area is 128 Å². The van der Waals surface area contributed by atoms with Crippen LogP contribution in [0.2, 0.25) is 4.34 Å². The monoisotopic (exact) mass is 314 g/mol. The molecule has 20 heavy (non-hydrogen) atoms. The Bertz CT molecular complexity index is 473. The van der Waals surface area contributed by atoms with Crippen molar-refractivity contribution in [2.24, 2.45) is 0 Å². The molecule has 3 rings (SSSR count). The zero-order valence-electron chi connectivity index (χ0n) is 11.4. The Hall–Kier alpha value is -0.460. The molecule has 0 saturated carbocycles. The highest BCUT2D eigenvalue weighted by Crippen LogP contribution is 2.23. The highest BCUT2D eigenvalue weighted by Gasteiger charge is 2.29. The molecule has 0 aliphatic carbocycles. The van der Waals surface area contributed by atoms with E-state index in [1.165, 1.54) is 11.3 Å². The van der Waals surface area contributed by atoms with E-state index in [4.69, 9.17) is 16.3 Å². The summed E-state index contributed by atoms with van der Waals surface area (Å²) >= 11 is 7.25. The minimum Gasteiger partial charge on any atom is -0.379 e. The second-order valence-electron chi connectivity index (χ2n) is 5.35. The Morgan fingerprint density at radius 2 is 2.15 bits per heavy atom. The van der Waals surface area contributed by atoms with Crippen molar-refractivity contribution < 1.29 is 9.53 Å². The second kappa shape index (κ2) is 6.54. The van der Waals surface area contributed by atoms with Gasteiger partial charge in [-0.25, -0.2) is 0 Å². The summed E-state index contributed by atoms with van der Waals surface area (Å²) in [4.78, 5) is 17.7. The minimum atomic E-state index is 0.185. The molecule has 1 aromatic rings. The summed E-state index contributed by atoms with van der Waals surface area (Å²) in [6, 6.07) is 4.20. The Morgan fingerprint density at radius 3 is 2.85 bits per heavy atom. The number of ether oxygens (including phenoxy) is 1. The van der Waals surface area contributed by atoms with Crippen molar-refractivity contribution in [2.75, 3.05) is 45.9 Å². The molecular weight excluding hydrogens is 296 g/mol. The van der Waals surface area contributed by atoms with E-state index < -0.39 is 0 Å². The standard InChI is InChI=1S/C14H19ClN2O2S/c15-14-2-1-13(20-14)12(18)10-16-4-3-11(9-16)17-5-7-19-8-6-17/h1-2,11H,3-10H2. The third-order valence-electron chi connectivity index (χ3n) is 4.02. The molecule has 3 heterocycles. The fraction of sp³-hybridized carbons (Fsp3) is 0.643. The van der Waals surface area contributed by atoms with Crippen molar-refractivity contribution in [3.05, 3.63) is 21.3 Å². The van der Waals surface area contributed by atoms with Crippen molar-refractivity contribution in [3.63, 3.8) is 0 Å². The highest BCUT2D eigenvalue weighted by molar-refractivity contribution is 7.18. The summed E-state index contributed by atoms with van der Waals surface area (Å²) in [6.45, 7) is 6.22. The van der Waals surface area contributed by atoms with Gasteiger partial charge >= 0.3 is 0 Å². The molecule has 6 heteroatoms. The van der Waals surface area contributed by atoms with Crippen LogP contribution in [0.1, 0.15) is 16.1 Å². The molecule has 0 bridgehead atoms. The van der Waals surface area contributed by atoms with E-state index >= 15 is 0 Å². The van der Waals surface area contributed by atoms with Crippen LogP contribution in [0.3, 0.4) is 0 Å². The van der Waals surface area contributed by atoms with Gasteiger partial charge in [-0.1, -0.05) is 11.6 Å². The maximum absolute atomic E-state index is 12.2. The molecule has 1 atom stereocenters. The summed E-state index contributed by atoms with van der Waals surface area (Å²) < 4.78 is 6.07. The van der Waals surface area contributed by atoms with Crippen molar-refractivity contribution in [1.29, 1.82) is 0 Å². The first-order valence-corrected chi connectivity index (χ1v) is 8.24. The van der Waals surface area contributed by atoms with Gasteiger partial charge in [0.1, 0.15) is 0 Å². The molecule has 110 valence electrons. The van der Waals surface area contributed by atoms with Crippen LogP contribution >= 0.6 is 22.9 Å². The first kappa shape index (κ1) is 14.5. The van der Waals surface area contributed by atoms with Crippen LogP contribution in [-0.4, -0.2) is 67.6 Å². The number of rotatable bonds is 4. The van der Waals surface area contributed by atoms with Gasteiger partial charge in [-0.05, 0) is 18.6 Å². The van der Waals surface area contributed by atoms with Crippen LogP contribution in [0.5, 0.6) is 0 Å². The number of nitrogens with zero attached hydrogens (tertiary/aromatic N) is 2. The van der Waals surface area contributed by atoms with E-state index in [1.807, 2.05) is 6.07 Å². The van der Waals surface area contributed by atoms with Crippen molar-refractivity contribution in [1.82, 2.24) is 9.80 Å². The summed E-state index contributed by atoms with van der Waals surface area (Å²) in [6.07, 6.45) is 1.15. The van der Waals surface area contributed by atoms with Crippen LogP contribution in [-0.2, 0) is 4.74 Å². The SMILES string of the molecule is O=C(CN1CCC(N2CCOCC2)C1)c1ccc(Cl)s1. The van der Waals surface area contributed by atoms with Crippen LogP contribution in [0.4, 0.5) is 0 Å². The van der Waals surface area contributed by atoms with Gasteiger partial charge in [-0.3, -0.25) is 14.6 Å². The van der Waals surface area contributed by atoms with E-state index in [0.29, 0.717) is 16.9 Å². The lowest BCUT2D eigenvalue weighted by Gasteiger charge is -2.32. The molecule has 2 fully saturated rings. The Balaban J connectivity index is 1.51. The summed E-state index contributed by atoms with van der Waals surface area (Å²) in [5, 5.41) is 0. The lowest BCUT2D eigenvalue weighted by Crippen LogP contribution is -2.45. The van der Waals surface area contributed by atoms with Gasteiger partial charge in [0.2, 0.25) is 0 Å². The number of ketones is 1. The molecule has 0 radical (unpaired) electrons. The fourth-order valence-electron chi connectivity index (χ4n) is 2.94. The first-order chi connectivity index (χ1) is 9.72. The van der Waals surface area contributed by atoms with Crippen molar-refractivity contribution in [2.45, 2.75) is 12.5 Å². The van der Waals surface area contributed by atoms with Crippen LogP contribution in [0, 0.1) is 0 Å². The lowest BCUT2D eigenvalue weighted by atomic mass is 10.2. The minimum absolute atomic E-state index is 0.185. The van der Waals surface area contributed by atoms with Crippen molar-refractivity contribution in [3.8, 4) is 0 Å². The van der Waals surface area contributed by atoms with Gasteiger partial charge in [0.15, 0.2) is 5.78 Å². The van der Waals surface area contributed by atoms with E-state index in [1.54, 1.807) is 6.07 Å². The smallest absolute Gasteiger partial charge is 0.186 e. The van der Waals surface area contributed by atoms with Gasteiger partial charge in [0.25, 0.3) is 0 Å². The van der Waals surface area contributed by atoms with Gasteiger partial charge in [0, 0.05) is 32.2 Å². The molecule has 2 aliphatic rings. The van der Waals surface area contributed by atoms with E-state index in [0.717, 1.165) is 50.7 Å². The Kier molecular flexibility index (Phi) is 4.73. The number of Topliss-reactive ketones (excluding diaryl/α,β-unsaturated/α-hetero) is 1. The third-order valence-corrected chi connectivity index (χ3v) is 5.30. The lowest BCUT2D eigenvalue weighted by molar-refractivity contribution is 0.0185. The van der Waals surface area contributed by atoms with Crippen LogP contribution < -0.4 is 0 Å². The Morgan fingerprint density at radius 1 is 1.35 bits per heavy atom. The van der Waals surface area contributed by atoms with Crippen LogP contribution in [0.25, 0.3) is 0 Å². The average Bonchev–Trinajstić information content (AvgIpc) is 3.09. The zero-order valence-corrected chi connectivity index (χ0v) is 13.0. The van der Waals surface area contributed by atoms with Gasteiger partial charge < -0.3 is 4.74 Å². The second-order valence-corrected chi connectivity index (χ2v) is 7.07. The van der Waals surface area contributed by atoms with E-state index in [-0.39, 0.29) is 5.78 Å². The predicted octanol–water partition coefficient (Wildman–Crippen LogP) is 1.99. The molecular formula is C14H19ClN2O2S. The average molecular weight is 315 g/mol. The fourth-order valence-corrected chi connectivity index (χ4v) is 3.91. The third kappa shape index (κ3) is 3.40. The van der Waals surface area contributed by atoms with Crippen LogP contribution in [0.15, 0.2) is 12.1 Å². The summed E-state index contributed by atoms with van der Waals surface area (Å²) in [5.74, 6) is 0.185. The molecule has 2 saturated heterocycles. The number of morpholine rings is 1. The molecule has 0 amide bonds. The van der Waals surface area contributed by atoms with Crippen molar-refractivity contribution >= 4 is 28.7 Å². The molecule has 1 aromatic heterocycles. The first-order valence-electron chi connectivity index (χ1n) is 7.05. The maximum atomic E-state index is 12.2. The largest absolute Gasteiger partial charge is 0.379 e. The normalized spacial score (nSPS) is 25.1. The van der Waals surface area contributed by atoms with Gasteiger partial charge in [0.05, 0.1) is 29.0 Å². The maximum Gasteiger partial charge on any atom is 0.186 e. The number of hydrogen-bond donors (Lipinski definition) is 0. The molecule has 1 unspecified atom stereocenters. The number of thiophene rings is 1. The summed E-state index contributed by atoms with van der Waals surface area (Å²) in [5.41, 5.74) is 0. The number of carbonyl (C=O) groups excluding carboxylic acids is 1. The number of carbonyl (C=O) groups is 1. The number of hydrogen-bond acceptors (Lipinski definition) is 5. The van der Waals surface area contributed by atoms with Gasteiger partial charge in [-0.15, -0.1) is 11.3 Å². The summed E-state index contributed by atoms with van der Waals surface area (Å²) in [7, 11) is 0. The highest BCUT2D eigenvalue weighted by atomic mass is 35.5. The van der Waals surface area contributed by atoms with E-state index in [9.17, 15) is 4.79 Å². The quantitative estimate of drug-likeness (QED) is 0.796. The number of halogens is 1. The van der Waals surface area contributed by atoms with E-state index in [2.05, 4.69) is 9.80 Å². The van der Waals surface area contributed by atoms with Gasteiger partial charge in [-0.2, -0.15) is 0 Å². The number of likely N-dealkylation sites (tertiary alicyclic amines) is 1. The molecule has 4 nitrogen and oxygen atoms in total. The molecule has 0 spiro atoms. The predicted molar refractivity (Wildman–Crippen MR) is 80.9 cm³/mol. The molecule has 2 aliphatic heterocycles. The molecule has 0 N–H and O–H groups in total. The topological polar surface area (TPSA) is 32.8 Å².